The molecule has 0 saturated carbocycles. The summed E-state index contributed by atoms with van der Waals surface area (Å²) in [4.78, 5) is 41.4. The number of nitrogens with one attached hydrogen (secondary N) is 1. The zero-order chi connectivity index (χ0) is 22.5. The van der Waals surface area contributed by atoms with Crippen molar-refractivity contribution in [2.75, 3.05) is 11.9 Å². The van der Waals surface area contributed by atoms with E-state index in [1.165, 1.54) is 4.90 Å². The minimum atomic E-state index is -1.57. The van der Waals surface area contributed by atoms with Crippen LogP contribution in [0.5, 0.6) is 0 Å². The van der Waals surface area contributed by atoms with Gasteiger partial charge in [-0.3, -0.25) is 9.59 Å². The third kappa shape index (κ3) is 2.88. The number of esters is 1. The van der Waals surface area contributed by atoms with Crippen LogP contribution in [0.1, 0.15) is 27.4 Å². The lowest BCUT2D eigenvalue weighted by atomic mass is 9.75. The quantitative estimate of drug-likeness (QED) is 0.567. The summed E-state index contributed by atoms with van der Waals surface area (Å²) in [7, 11) is 1.66. The lowest BCUT2D eigenvalue weighted by Crippen LogP contribution is -2.47. The van der Waals surface area contributed by atoms with E-state index >= 15 is 0 Å². The molecule has 6 nitrogen and oxygen atoms in total. The van der Waals surface area contributed by atoms with Crippen LogP contribution in [0.15, 0.2) is 83.3 Å². The first kappa shape index (κ1) is 20.5. The second-order valence-electron chi connectivity index (χ2n) is 7.85. The molecule has 2 aliphatic rings. The summed E-state index contributed by atoms with van der Waals surface area (Å²) in [6.45, 7) is 0. The Kier molecular flexibility index (Phi) is 4.86. The van der Waals surface area contributed by atoms with E-state index in [-0.39, 0.29) is 5.91 Å². The van der Waals surface area contributed by atoms with Gasteiger partial charge in [-0.15, -0.1) is 0 Å². The predicted octanol–water partition coefficient (Wildman–Crippen LogP) is 3.76. The number of benzene rings is 3. The second kappa shape index (κ2) is 7.60. The maximum Gasteiger partial charge on any atom is 0.330 e. The van der Waals surface area contributed by atoms with Crippen molar-refractivity contribution < 1.29 is 19.1 Å². The number of ether oxygens (including phenoxy) is 1. The Bertz CT molecular complexity index is 1250. The number of hydrogen-bond acceptors (Lipinski definition) is 4. The number of anilines is 1. The molecule has 3 atom stereocenters. The Balaban J connectivity index is 1.68. The van der Waals surface area contributed by atoms with Crippen molar-refractivity contribution in [3.05, 3.63) is 100 Å². The Morgan fingerprint density at radius 1 is 0.969 bits per heavy atom. The fourth-order valence-corrected chi connectivity index (χ4v) is 5.22. The topological polar surface area (TPSA) is 75.7 Å². The van der Waals surface area contributed by atoms with Gasteiger partial charge in [-0.05, 0) is 29.8 Å². The molecule has 3 aromatic carbocycles. The number of para-hydroxylation sites is 1. The van der Waals surface area contributed by atoms with Crippen molar-refractivity contribution >= 4 is 39.4 Å². The fraction of sp³-hybridized carbons (Fsp3) is 0.160. The molecular formula is C25H19BrN2O4. The van der Waals surface area contributed by atoms with E-state index in [1.807, 2.05) is 48.5 Å². The molecule has 0 aromatic heterocycles. The Labute approximate surface area is 193 Å². The minimum absolute atomic E-state index is 0.343. The van der Waals surface area contributed by atoms with Crippen molar-refractivity contribution in [1.29, 1.82) is 0 Å². The number of nitrogens with zero attached hydrogens (tertiary/aromatic N) is 1. The molecule has 2 aliphatic heterocycles. The van der Waals surface area contributed by atoms with E-state index in [0.29, 0.717) is 22.4 Å². The molecule has 5 rings (SSSR count). The lowest BCUT2D eigenvalue weighted by Gasteiger charge is -2.30. The molecule has 32 heavy (non-hydrogen) atoms. The number of carbonyl (C=O) groups is 3. The normalized spacial score (nSPS) is 23.9. The molecule has 0 radical (unpaired) electrons. The maximum absolute atomic E-state index is 13.6. The van der Waals surface area contributed by atoms with Gasteiger partial charge in [0, 0.05) is 22.6 Å². The van der Waals surface area contributed by atoms with Crippen LogP contribution in [0.3, 0.4) is 0 Å². The molecule has 2 heterocycles. The third-order valence-electron chi connectivity index (χ3n) is 6.14. The van der Waals surface area contributed by atoms with Gasteiger partial charge >= 0.3 is 5.97 Å². The van der Waals surface area contributed by atoms with Crippen LogP contribution in [0.2, 0.25) is 0 Å². The number of carbonyl (C=O) groups excluding carboxylic acids is 3. The van der Waals surface area contributed by atoms with Gasteiger partial charge in [-0.2, -0.15) is 0 Å². The molecule has 0 aliphatic carbocycles. The summed E-state index contributed by atoms with van der Waals surface area (Å²) in [6.07, 6.45) is 0. The van der Waals surface area contributed by atoms with Gasteiger partial charge in [0.1, 0.15) is 6.04 Å². The van der Waals surface area contributed by atoms with E-state index in [4.69, 9.17) is 4.74 Å². The first-order valence-corrected chi connectivity index (χ1v) is 11.0. The highest BCUT2D eigenvalue weighted by atomic mass is 79.9. The summed E-state index contributed by atoms with van der Waals surface area (Å²) in [6, 6.07) is 22.2. The van der Waals surface area contributed by atoms with Crippen LogP contribution in [0.25, 0.3) is 0 Å². The Morgan fingerprint density at radius 2 is 1.62 bits per heavy atom. The number of rotatable bonds is 3. The zero-order valence-electron chi connectivity index (χ0n) is 17.1. The van der Waals surface area contributed by atoms with Crippen LogP contribution in [-0.4, -0.2) is 30.9 Å². The molecule has 1 N–H and O–H groups in total. The fourth-order valence-electron chi connectivity index (χ4n) is 4.69. The number of amides is 2. The highest BCUT2D eigenvalue weighted by Crippen LogP contribution is 2.56. The van der Waals surface area contributed by atoms with E-state index in [1.54, 1.807) is 37.4 Å². The van der Waals surface area contributed by atoms with Crippen LogP contribution in [0.4, 0.5) is 5.69 Å². The van der Waals surface area contributed by atoms with Crippen LogP contribution < -0.4 is 10.2 Å². The summed E-state index contributed by atoms with van der Waals surface area (Å²) in [5.41, 5.74) is 0.842. The second-order valence-corrected chi connectivity index (χ2v) is 8.71. The first-order chi connectivity index (χ1) is 15.4. The van der Waals surface area contributed by atoms with Crippen molar-refractivity contribution in [3.8, 4) is 0 Å². The highest BCUT2D eigenvalue weighted by Gasteiger charge is 2.67. The van der Waals surface area contributed by atoms with Gasteiger partial charge in [-0.25, -0.2) is 4.79 Å². The number of likely N-dealkylation sites (N-methyl/N-ethyl adjacent to an activating group) is 1. The highest BCUT2D eigenvalue weighted by molar-refractivity contribution is 9.10. The molecule has 160 valence electrons. The van der Waals surface area contributed by atoms with E-state index < -0.39 is 29.4 Å². The zero-order valence-corrected chi connectivity index (χ0v) is 18.7. The van der Waals surface area contributed by atoms with Gasteiger partial charge in [0.2, 0.25) is 5.60 Å². The summed E-state index contributed by atoms with van der Waals surface area (Å²) in [5, 5.41) is 2.83. The first-order valence-electron chi connectivity index (χ1n) is 10.2. The van der Waals surface area contributed by atoms with Crippen LogP contribution in [-0.2, 0) is 19.9 Å². The number of halogens is 1. The SMILES string of the molecule is CN1C(=O)C2(OC(=O)C(NC(=O)c3ccccc3)C2c2ccccc2Br)c2ccccc21. The molecule has 7 heteroatoms. The number of fused-ring (bicyclic) bond motifs is 2. The molecule has 1 spiro atoms. The largest absolute Gasteiger partial charge is 0.442 e. The minimum Gasteiger partial charge on any atom is -0.442 e. The van der Waals surface area contributed by atoms with Gasteiger partial charge in [0.15, 0.2) is 0 Å². The van der Waals surface area contributed by atoms with Crippen molar-refractivity contribution in [2.45, 2.75) is 17.6 Å². The average molecular weight is 491 g/mol. The van der Waals surface area contributed by atoms with Crippen LogP contribution >= 0.6 is 15.9 Å². The molecule has 2 amide bonds. The van der Waals surface area contributed by atoms with Gasteiger partial charge < -0.3 is 15.0 Å². The number of hydrogen-bond donors (Lipinski definition) is 1. The molecule has 1 fully saturated rings. The molecule has 1 saturated heterocycles. The smallest absolute Gasteiger partial charge is 0.330 e. The van der Waals surface area contributed by atoms with Crippen molar-refractivity contribution in [2.24, 2.45) is 0 Å². The summed E-state index contributed by atoms with van der Waals surface area (Å²) in [5.74, 6) is -2.16. The van der Waals surface area contributed by atoms with Gasteiger partial charge in [0.05, 0.1) is 11.6 Å². The maximum atomic E-state index is 13.6. The Hall–Kier alpha value is -3.45. The average Bonchev–Trinajstić information content (AvgIpc) is 3.21. The lowest BCUT2D eigenvalue weighted by molar-refractivity contribution is -0.158. The Morgan fingerprint density at radius 3 is 2.38 bits per heavy atom. The molecule has 0 bridgehead atoms. The van der Waals surface area contributed by atoms with Crippen molar-refractivity contribution in [1.82, 2.24) is 5.32 Å². The van der Waals surface area contributed by atoms with E-state index in [9.17, 15) is 14.4 Å². The molecule has 3 unspecified atom stereocenters. The van der Waals surface area contributed by atoms with Crippen molar-refractivity contribution in [3.63, 3.8) is 0 Å². The molecule has 3 aromatic rings. The predicted molar refractivity (Wildman–Crippen MR) is 122 cm³/mol. The van der Waals surface area contributed by atoms with Crippen LogP contribution in [0, 0.1) is 0 Å². The standard InChI is InChI=1S/C25H19BrN2O4/c1-28-19-14-8-6-12-17(19)25(24(28)31)20(16-11-5-7-13-18(16)26)21(23(30)32-25)27-22(29)15-9-3-2-4-10-15/h2-14,20-21H,1H3,(H,27,29). The van der Waals surface area contributed by atoms with Gasteiger partial charge in [-0.1, -0.05) is 70.5 Å². The van der Waals surface area contributed by atoms with E-state index in [0.717, 1.165) is 4.47 Å². The summed E-state index contributed by atoms with van der Waals surface area (Å²) >= 11 is 3.57. The third-order valence-corrected chi connectivity index (χ3v) is 6.86. The monoisotopic (exact) mass is 490 g/mol. The summed E-state index contributed by atoms with van der Waals surface area (Å²) < 4.78 is 6.65. The van der Waals surface area contributed by atoms with E-state index in [2.05, 4.69) is 21.2 Å². The molecular weight excluding hydrogens is 472 g/mol. The van der Waals surface area contributed by atoms with Gasteiger partial charge in [0.25, 0.3) is 11.8 Å².